The second kappa shape index (κ2) is 5.37. The van der Waals surface area contributed by atoms with Crippen molar-refractivity contribution in [3.05, 3.63) is 10.5 Å². The molecule has 0 saturated carbocycles. The molecule has 0 aliphatic heterocycles. The van der Waals surface area contributed by atoms with Gasteiger partial charge >= 0.3 is 5.69 Å². The van der Waals surface area contributed by atoms with Gasteiger partial charge in [-0.2, -0.15) is 0 Å². The lowest BCUT2D eigenvalue weighted by Gasteiger charge is -2.10. The van der Waals surface area contributed by atoms with Gasteiger partial charge in [-0.1, -0.05) is 18.7 Å². The summed E-state index contributed by atoms with van der Waals surface area (Å²) in [4.78, 5) is 11.4. The van der Waals surface area contributed by atoms with E-state index in [2.05, 4.69) is 10.2 Å². The van der Waals surface area contributed by atoms with E-state index in [1.165, 1.54) is 11.8 Å². The van der Waals surface area contributed by atoms with Gasteiger partial charge in [0.15, 0.2) is 5.16 Å². The zero-order chi connectivity index (χ0) is 11.4. The second-order valence-electron chi connectivity index (χ2n) is 3.75. The van der Waals surface area contributed by atoms with Crippen LogP contribution in [0.2, 0.25) is 0 Å². The first-order valence-corrected chi connectivity index (χ1v) is 6.10. The van der Waals surface area contributed by atoms with Gasteiger partial charge in [0.05, 0.1) is 0 Å². The molecule has 5 nitrogen and oxygen atoms in total. The van der Waals surface area contributed by atoms with Crippen molar-refractivity contribution in [1.82, 2.24) is 14.8 Å². The van der Waals surface area contributed by atoms with Crippen LogP contribution in [-0.4, -0.2) is 26.6 Å². The summed E-state index contributed by atoms with van der Waals surface area (Å²) in [6.45, 7) is 5.97. The van der Waals surface area contributed by atoms with Crippen LogP contribution in [0.15, 0.2) is 9.95 Å². The standard InChI is InChI=1S/C9H18N4OS/c1-4-7(10)5-15-9-12-11-8(14)13(9)6(2)3/h6-7H,4-5,10H2,1-3H3,(H,11,14). The number of thioether (sulfide) groups is 1. The molecule has 1 atom stereocenters. The fourth-order valence-electron chi connectivity index (χ4n) is 1.15. The zero-order valence-corrected chi connectivity index (χ0v) is 10.2. The van der Waals surface area contributed by atoms with Crippen LogP contribution in [0.5, 0.6) is 0 Å². The molecule has 1 heterocycles. The molecule has 0 spiro atoms. The third-order valence-corrected chi connectivity index (χ3v) is 3.28. The Hall–Kier alpha value is -0.750. The Morgan fingerprint density at radius 1 is 1.60 bits per heavy atom. The average molecular weight is 230 g/mol. The van der Waals surface area contributed by atoms with Gasteiger partial charge in [0.2, 0.25) is 0 Å². The Bertz CT molecular complexity index is 357. The topological polar surface area (TPSA) is 76.7 Å². The van der Waals surface area contributed by atoms with Gasteiger partial charge in [0.25, 0.3) is 0 Å². The van der Waals surface area contributed by atoms with Crippen LogP contribution in [0, 0.1) is 0 Å². The minimum Gasteiger partial charge on any atom is -0.327 e. The lowest BCUT2D eigenvalue weighted by molar-refractivity contribution is 0.533. The normalized spacial score (nSPS) is 13.4. The highest BCUT2D eigenvalue weighted by Crippen LogP contribution is 2.17. The SMILES string of the molecule is CCC(N)CSc1n[nH]c(=O)n1C(C)C. The number of nitrogens with one attached hydrogen (secondary N) is 1. The van der Waals surface area contributed by atoms with Crippen LogP contribution >= 0.6 is 11.8 Å². The van der Waals surface area contributed by atoms with Crippen molar-refractivity contribution >= 4 is 11.8 Å². The quantitative estimate of drug-likeness (QED) is 0.739. The Morgan fingerprint density at radius 2 is 2.27 bits per heavy atom. The molecule has 1 rings (SSSR count). The molecule has 0 saturated heterocycles. The summed E-state index contributed by atoms with van der Waals surface area (Å²) in [5, 5.41) is 7.15. The van der Waals surface area contributed by atoms with E-state index >= 15 is 0 Å². The number of H-pyrrole nitrogens is 1. The van der Waals surface area contributed by atoms with Crippen LogP contribution in [0.4, 0.5) is 0 Å². The number of hydrogen-bond acceptors (Lipinski definition) is 4. The first kappa shape index (κ1) is 12.3. The van der Waals surface area contributed by atoms with Crippen LogP contribution in [-0.2, 0) is 0 Å². The number of nitrogens with two attached hydrogens (primary N) is 1. The van der Waals surface area contributed by atoms with Gasteiger partial charge in [-0.05, 0) is 20.3 Å². The fourth-order valence-corrected chi connectivity index (χ4v) is 2.29. The summed E-state index contributed by atoms with van der Waals surface area (Å²) in [5.74, 6) is 0.785. The van der Waals surface area contributed by atoms with Crippen molar-refractivity contribution in [2.24, 2.45) is 5.73 Å². The molecule has 15 heavy (non-hydrogen) atoms. The first-order chi connectivity index (χ1) is 7.06. The lowest BCUT2D eigenvalue weighted by atomic mass is 10.3. The third-order valence-electron chi connectivity index (χ3n) is 2.14. The molecule has 1 aromatic rings. The van der Waals surface area contributed by atoms with Crippen molar-refractivity contribution in [2.75, 3.05) is 5.75 Å². The predicted molar refractivity (Wildman–Crippen MR) is 62.2 cm³/mol. The first-order valence-electron chi connectivity index (χ1n) is 5.11. The molecule has 86 valence electrons. The van der Waals surface area contributed by atoms with Gasteiger partial charge < -0.3 is 5.73 Å². The fraction of sp³-hybridized carbons (Fsp3) is 0.778. The van der Waals surface area contributed by atoms with Crippen molar-refractivity contribution in [2.45, 2.75) is 44.4 Å². The molecule has 1 aromatic heterocycles. The molecule has 0 aliphatic carbocycles. The van der Waals surface area contributed by atoms with Gasteiger partial charge in [-0.15, -0.1) is 5.10 Å². The van der Waals surface area contributed by atoms with E-state index in [1.54, 1.807) is 4.57 Å². The Balaban J connectivity index is 2.73. The zero-order valence-electron chi connectivity index (χ0n) is 9.36. The number of rotatable bonds is 5. The average Bonchev–Trinajstić information content (AvgIpc) is 2.56. The molecular weight excluding hydrogens is 212 g/mol. The van der Waals surface area contributed by atoms with Crippen LogP contribution in [0.3, 0.4) is 0 Å². The summed E-state index contributed by atoms with van der Waals surface area (Å²) in [7, 11) is 0. The Kier molecular flexibility index (Phi) is 4.41. The molecule has 0 radical (unpaired) electrons. The second-order valence-corrected chi connectivity index (χ2v) is 4.74. The molecule has 0 fully saturated rings. The predicted octanol–water partition coefficient (Wildman–Crippen LogP) is 0.982. The maximum absolute atomic E-state index is 11.4. The van der Waals surface area contributed by atoms with Gasteiger partial charge in [0, 0.05) is 17.8 Å². The number of aromatic amines is 1. The minimum atomic E-state index is -0.155. The smallest absolute Gasteiger partial charge is 0.327 e. The number of nitrogens with zero attached hydrogens (tertiary/aromatic N) is 2. The highest BCUT2D eigenvalue weighted by atomic mass is 32.2. The van der Waals surface area contributed by atoms with Crippen LogP contribution < -0.4 is 11.4 Å². The van der Waals surface area contributed by atoms with E-state index < -0.39 is 0 Å². The van der Waals surface area contributed by atoms with Gasteiger partial charge in [0.1, 0.15) is 0 Å². The summed E-state index contributed by atoms with van der Waals surface area (Å²) in [6.07, 6.45) is 0.934. The largest absolute Gasteiger partial charge is 0.344 e. The molecule has 1 unspecified atom stereocenters. The van der Waals surface area contributed by atoms with Crippen molar-refractivity contribution in [3.63, 3.8) is 0 Å². The number of hydrogen-bond donors (Lipinski definition) is 2. The third kappa shape index (κ3) is 3.10. The summed E-state index contributed by atoms with van der Waals surface area (Å²) >= 11 is 1.52. The minimum absolute atomic E-state index is 0.122. The van der Waals surface area contributed by atoms with Gasteiger partial charge in [-0.25, -0.2) is 9.89 Å². The van der Waals surface area contributed by atoms with E-state index in [1.807, 2.05) is 20.8 Å². The summed E-state index contributed by atoms with van der Waals surface area (Å²) in [5.41, 5.74) is 5.65. The van der Waals surface area contributed by atoms with E-state index in [0.29, 0.717) is 0 Å². The number of aromatic nitrogens is 3. The van der Waals surface area contributed by atoms with E-state index in [9.17, 15) is 4.79 Å². The van der Waals surface area contributed by atoms with Crippen LogP contribution in [0.25, 0.3) is 0 Å². The lowest BCUT2D eigenvalue weighted by Crippen LogP contribution is -2.23. The van der Waals surface area contributed by atoms with E-state index in [-0.39, 0.29) is 17.8 Å². The molecule has 3 N–H and O–H groups in total. The van der Waals surface area contributed by atoms with Crippen molar-refractivity contribution in [3.8, 4) is 0 Å². The summed E-state index contributed by atoms with van der Waals surface area (Å²) in [6, 6.07) is 0.277. The van der Waals surface area contributed by atoms with E-state index in [4.69, 9.17) is 5.73 Å². The maximum atomic E-state index is 11.4. The molecule has 0 amide bonds. The maximum Gasteiger partial charge on any atom is 0.344 e. The van der Waals surface area contributed by atoms with Gasteiger partial charge in [-0.3, -0.25) is 4.57 Å². The molecule has 0 aromatic carbocycles. The van der Waals surface area contributed by atoms with Crippen molar-refractivity contribution < 1.29 is 0 Å². The molecule has 0 bridgehead atoms. The monoisotopic (exact) mass is 230 g/mol. The molecule has 6 heteroatoms. The van der Waals surface area contributed by atoms with Crippen molar-refractivity contribution in [1.29, 1.82) is 0 Å². The Morgan fingerprint density at radius 3 is 2.80 bits per heavy atom. The molecule has 0 aliphatic rings. The van der Waals surface area contributed by atoms with E-state index in [0.717, 1.165) is 17.3 Å². The molecular formula is C9H18N4OS. The summed E-state index contributed by atoms with van der Waals surface area (Å²) < 4.78 is 1.65. The highest BCUT2D eigenvalue weighted by molar-refractivity contribution is 7.99. The highest BCUT2D eigenvalue weighted by Gasteiger charge is 2.12. The van der Waals surface area contributed by atoms with Crippen LogP contribution in [0.1, 0.15) is 33.2 Å². The Labute approximate surface area is 93.4 Å².